The van der Waals surface area contributed by atoms with Crippen LogP contribution in [0.2, 0.25) is 10.0 Å². The van der Waals surface area contributed by atoms with Crippen LogP contribution in [0.4, 0.5) is 5.69 Å². The maximum absolute atomic E-state index is 11.2. The first-order valence-corrected chi connectivity index (χ1v) is 5.59. The summed E-state index contributed by atoms with van der Waals surface area (Å²) in [6, 6.07) is 3.74. The van der Waals surface area contributed by atoms with Crippen LogP contribution in [0.25, 0.3) is 0 Å². The van der Waals surface area contributed by atoms with E-state index in [4.69, 9.17) is 27.9 Å². The zero-order valence-corrected chi connectivity index (χ0v) is 10.6. The van der Waals surface area contributed by atoms with Crippen LogP contribution in [-0.2, 0) is 0 Å². The van der Waals surface area contributed by atoms with E-state index in [2.05, 4.69) is 9.97 Å². The number of nitro groups is 1. The van der Waals surface area contributed by atoms with Gasteiger partial charge in [-0.3, -0.25) is 14.9 Å². The number of hydrogen-bond donors (Lipinski definition) is 1. The Hall–Kier alpha value is -2.12. The molecule has 0 aliphatic carbocycles. The fraction of sp³-hybridized carbons (Fsp3) is 0. The first-order chi connectivity index (χ1) is 8.99. The molecule has 0 saturated carbocycles. The van der Waals surface area contributed by atoms with Gasteiger partial charge in [-0.1, -0.05) is 23.2 Å². The Balaban J connectivity index is 2.34. The summed E-state index contributed by atoms with van der Waals surface area (Å²) < 4.78 is 5.24. The van der Waals surface area contributed by atoms with E-state index in [0.29, 0.717) is 0 Å². The summed E-state index contributed by atoms with van der Waals surface area (Å²) in [5, 5.41) is 10.3. The van der Waals surface area contributed by atoms with Gasteiger partial charge >= 0.3 is 0 Å². The first-order valence-electron chi connectivity index (χ1n) is 4.84. The van der Waals surface area contributed by atoms with E-state index in [1.165, 1.54) is 18.2 Å². The molecule has 1 heterocycles. The molecule has 0 aliphatic rings. The molecule has 0 saturated heterocycles. The molecule has 0 atom stereocenters. The summed E-state index contributed by atoms with van der Waals surface area (Å²) in [4.78, 5) is 27.2. The molecular formula is C10H5Cl2N3O4. The molecule has 0 radical (unpaired) electrons. The standard InChI is InChI=1S/C10H5Cl2N3O4/c11-6-3-5(1-2-7(6)15(17)18)19-10-8(12)9(16)13-4-14-10/h1-4H,(H,13,14,16). The second kappa shape index (κ2) is 5.25. The molecule has 0 bridgehead atoms. The van der Waals surface area contributed by atoms with Crippen molar-refractivity contribution in [2.75, 3.05) is 0 Å². The van der Waals surface area contributed by atoms with E-state index in [9.17, 15) is 14.9 Å². The lowest BCUT2D eigenvalue weighted by molar-refractivity contribution is -0.384. The Kier molecular flexibility index (Phi) is 3.68. The van der Waals surface area contributed by atoms with Crippen LogP contribution in [0.15, 0.2) is 29.3 Å². The second-order valence-corrected chi connectivity index (χ2v) is 4.11. The lowest BCUT2D eigenvalue weighted by atomic mass is 10.3. The fourth-order valence-electron chi connectivity index (χ4n) is 1.25. The number of hydrogen-bond acceptors (Lipinski definition) is 5. The molecule has 0 aliphatic heterocycles. The van der Waals surface area contributed by atoms with Gasteiger partial charge in [0.05, 0.1) is 11.3 Å². The molecule has 0 spiro atoms. The van der Waals surface area contributed by atoms with Gasteiger partial charge in [0.2, 0.25) is 5.88 Å². The molecule has 0 fully saturated rings. The van der Waals surface area contributed by atoms with Crippen molar-refractivity contribution in [3.8, 4) is 11.6 Å². The first kappa shape index (κ1) is 13.3. The third kappa shape index (κ3) is 2.83. The fourth-order valence-corrected chi connectivity index (χ4v) is 1.63. The zero-order valence-electron chi connectivity index (χ0n) is 9.09. The number of halogens is 2. The summed E-state index contributed by atoms with van der Waals surface area (Å²) in [7, 11) is 0. The van der Waals surface area contributed by atoms with Gasteiger partial charge in [-0.15, -0.1) is 0 Å². The maximum atomic E-state index is 11.2. The Morgan fingerprint density at radius 1 is 1.37 bits per heavy atom. The van der Waals surface area contributed by atoms with Gasteiger partial charge in [0.1, 0.15) is 10.8 Å². The number of benzene rings is 1. The minimum Gasteiger partial charge on any atom is -0.437 e. The maximum Gasteiger partial charge on any atom is 0.288 e. The van der Waals surface area contributed by atoms with Gasteiger partial charge in [0, 0.05) is 12.1 Å². The van der Waals surface area contributed by atoms with Crippen molar-refractivity contribution in [3.63, 3.8) is 0 Å². The van der Waals surface area contributed by atoms with E-state index in [1.54, 1.807) is 0 Å². The van der Waals surface area contributed by atoms with E-state index in [0.717, 1.165) is 6.33 Å². The third-order valence-corrected chi connectivity index (χ3v) is 2.73. The molecule has 1 aromatic heterocycles. The Morgan fingerprint density at radius 2 is 2.11 bits per heavy atom. The van der Waals surface area contributed by atoms with Gasteiger partial charge in [-0.25, -0.2) is 4.98 Å². The highest BCUT2D eigenvalue weighted by Gasteiger charge is 2.14. The summed E-state index contributed by atoms with van der Waals surface area (Å²) in [6.07, 6.45) is 1.12. The largest absolute Gasteiger partial charge is 0.437 e. The number of nitrogens with zero attached hydrogens (tertiary/aromatic N) is 2. The molecular weight excluding hydrogens is 297 g/mol. The van der Waals surface area contributed by atoms with Crippen LogP contribution in [0.3, 0.4) is 0 Å². The van der Waals surface area contributed by atoms with Crippen LogP contribution in [0.1, 0.15) is 0 Å². The highest BCUT2D eigenvalue weighted by molar-refractivity contribution is 6.32. The van der Waals surface area contributed by atoms with Crippen LogP contribution in [0, 0.1) is 10.1 Å². The zero-order chi connectivity index (χ0) is 14.0. The normalized spacial score (nSPS) is 10.2. The van der Waals surface area contributed by atoms with Gasteiger partial charge < -0.3 is 9.72 Å². The number of H-pyrrole nitrogens is 1. The Labute approximate surface area is 115 Å². The molecule has 1 aromatic carbocycles. The van der Waals surface area contributed by atoms with Crippen molar-refractivity contribution in [1.29, 1.82) is 0 Å². The molecule has 1 N–H and O–H groups in total. The van der Waals surface area contributed by atoms with Gasteiger partial charge in [-0.2, -0.15) is 0 Å². The van der Waals surface area contributed by atoms with Crippen LogP contribution in [0.5, 0.6) is 11.6 Å². The molecule has 2 rings (SSSR count). The van der Waals surface area contributed by atoms with Crippen molar-refractivity contribution in [1.82, 2.24) is 9.97 Å². The van der Waals surface area contributed by atoms with Gasteiger partial charge in [0.25, 0.3) is 11.2 Å². The van der Waals surface area contributed by atoms with E-state index in [-0.39, 0.29) is 27.4 Å². The summed E-state index contributed by atoms with van der Waals surface area (Å²) in [5.74, 6) is 0.0611. The number of nitro benzene ring substituents is 1. The van der Waals surface area contributed by atoms with E-state index < -0.39 is 10.5 Å². The molecule has 98 valence electrons. The van der Waals surface area contributed by atoms with E-state index in [1.807, 2.05) is 0 Å². The lowest BCUT2D eigenvalue weighted by Gasteiger charge is -2.05. The number of rotatable bonds is 3. The third-order valence-electron chi connectivity index (χ3n) is 2.09. The molecule has 0 unspecified atom stereocenters. The van der Waals surface area contributed by atoms with Crippen LogP contribution in [-0.4, -0.2) is 14.9 Å². The number of aromatic nitrogens is 2. The molecule has 0 amide bonds. The Morgan fingerprint density at radius 3 is 2.74 bits per heavy atom. The molecule has 19 heavy (non-hydrogen) atoms. The summed E-state index contributed by atoms with van der Waals surface area (Å²) >= 11 is 11.4. The van der Waals surface area contributed by atoms with Crippen LogP contribution >= 0.6 is 23.2 Å². The number of ether oxygens (including phenoxy) is 1. The van der Waals surface area contributed by atoms with Crippen molar-refractivity contribution >= 4 is 28.9 Å². The minimum atomic E-state index is -0.620. The predicted molar refractivity (Wildman–Crippen MR) is 68.0 cm³/mol. The summed E-state index contributed by atoms with van der Waals surface area (Å²) in [6.45, 7) is 0. The molecule has 2 aromatic rings. The average molecular weight is 302 g/mol. The van der Waals surface area contributed by atoms with Gasteiger partial charge in [0.15, 0.2) is 5.02 Å². The smallest absolute Gasteiger partial charge is 0.288 e. The minimum absolute atomic E-state index is 0.0940. The van der Waals surface area contributed by atoms with Crippen molar-refractivity contribution < 1.29 is 9.66 Å². The monoisotopic (exact) mass is 301 g/mol. The second-order valence-electron chi connectivity index (χ2n) is 3.32. The molecule has 9 heteroatoms. The lowest BCUT2D eigenvalue weighted by Crippen LogP contribution is -2.07. The SMILES string of the molecule is O=c1[nH]cnc(Oc2ccc([N+](=O)[O-])c(Cl)c2)c1Cl. The van der Waals surface area contributed by atoms with Crippen molar-refractivity contribution in [2.24, 2.45) is 0 Å². The van der Waals surface area contributed by atoms with E-state index >= 15 is 0 Å². The predicted octanol–water partition coefficient (Wildman–Crippen LogP) is 2.78. The van der Waals surface area contributed by atoms with Crippen molar-refractivity contribution in [2.45, 2.75) is 0 Å². The number of nitrogens with one attached hydrogen (secondary N) is 1. The van der Waals surface area contributed by atoms with Gasteiger partial charge in [-0.05, 0) is 6.07 Å². The summed E-state index contributed by atoms with van der Waals surface area (Å²) in [5.41, 5.74) is -0.807. The van der Waals surface area contributed by atoms with Crippen molar-refractivity contribution in [3.05, 3.63) is 55.0 Å². The quantitative estimate of drug-likeness (QED) is 0.694. The number of aromatic amines is 1. The Bertz CT molecular complexity index is 701. The topological polar surface area (TPSA) is 98.1 Å². The molecule has 7 nitrogen and oxygen atoms in total. The highest BCUT2D eigenvalue weighted by atomic mass is 35.5. The highest BCUT2D eigenvalue weighted by Crippen LogP contribution is 2.31. The average Bonchev–Trinajstić information content (AvgIpc) is 2.34. The van der Waals surface area contributed by atoms with Crippen LogP contribution < -0.4 is 10.3 Å².